The Morgan fingerprint density at radius 3 is 2.67 bits per heavy atom. The number of carbonyl (C=O) groups excluding carboxylic acids is 1. The number of likely N-dealkylation sites (N-methyl/N-ethyl adjacent to an activating group) is 1. The van der Waals surface area contributed by atoms with Crippen molar-refractivity contribution in [2.75, 3.05) is 39.9 Å². The second-order valence-corrected chi connectivity index (χ2v) is 6.03. The minimum absolute atomic E-state index is 0.102. The van der Waals surface area contributed by atoms with Crippen LogP contribution in [0.5, 0.6) is 0 Å². The van der Waals surface area contributed by atoms with Gasteiger partial charge in [-0.2, -0.15) is 0 Å². The Balaban J connectivity index is 1.82. The fraction of sp³-hybridized carbons (Fsp3) is 0.562. The van der Waals surface area contributed by atoms with E-state index in [1.807, 2.05) is 23.1 Å². The molecule has 0 radical (unpaired) electrons. The number of hydrogen-bond acceptors (Lipinski definition) is 4. The van der Waals surface area contributed by atoms with Crippen molar-refractivity contribution < 1.29 is 9.53 Å². The Hall–Kier alpha value is -1.43. The normalized spacial score (nSPS) is 30.6. The molecule has 0 bridgehead atoms. The molecule has 0 saturated carbocycles. The van der Waals surface area contributed by atoms with Gasteiger partial charge in [0.15, 0.2) is 0 Å². The van der Waals surface area contributed by atoms with Gasteiger partial charge in [0, 0.05) is 25.7 Å². The zero-order valence-electron chi connectivity index (χ0n) is 12.4. The highest BCUT2D eigenvalue weighted by Crippen LogP contribution is 2.28. The average molecular weight is 289 g/mol. The summed E-state index contributed by atoms with van der Waals surface area (Å²) in [5.74, 6) is -0.0541. The summed E-state index contributed by atoms with van der Waals surface area (Å²) in [6.07, 6.45) is 0. The van der Waals surface area contributed by atoms with Crippen LogP contribution in [0.1, 0.15) is 11.6 Å². The largest absolute Gasteiger partial charge is 0.379 e. The Morgan fingerprint density at radius 2 is 2.00 bits per heavy atom. The molecular weight excluding hydrogens is 266 g/mol. The molecule has 3 unspecified atom stereocenters. The van der Waals surface area contributed by atoms with E-state index in [2.05, 4.69) is 24.1 Å². The highest BCUT2D eigenvalue weighted by atomic mass is 16.5. The number of benzene rings is 1. The molecule has 2 fully saturated rings. The zero-order chi connectivity index (χ0) is 14.8. The standard InChI is InChI=1S/C16H23N3O2/c1-18-7-8-19(16(20)13-10-21-11-14(13)17)15(9-18)12-5-3-2-4-6-12/h2-6,13-15H,7-11,17H2,1H3. The molecule has 2 aliphatic heterocycles. The van der Waals surface area contributed by atoms with Crippen molar-refractivity contribution in [2.45, 2.75) is 12.1 Å². The quantitative estimate of drug-likeness (QED) is 0.860. The summed E-state index contributed by atoms with van der Waals surface area (Å²) in [7, 11) is 2.10. The molecule has 5 heteroatoms. The fourth-order valence-corrected chi connectivity index (χ4v) is 3.18. The van der Waals surface area contributed by atoms with E-state index in [0.717, 1.165) is 19.6 Å². The molecule has 2 N–H and O–H groups in total. The predicted octanol–water partition coefficient (Wildman–Crippen LogP) is 0.475. The van der Waals surface area contributed by atoms with E-state index in [1.165, 1.54) is 5.56 Å². The molecule has 5 nitrogen and oxygen atoms in total. The highest BCUT2D eigenvalue weighted by Gasteiger charge is 2.38. The van der Waals surface area contributed by atoms with Crippen LogP contribution < -0.4 is 5.73 Å². The van der Waals surface area contributed by atoms with Gasteiger partial charge in [-0.05, 0) is 12.6 Å². The number of carbonyl (C=O) groups is 1. The summed E-state index contributed by atoms with van der Waals surface area (Å²) in [5, 5.41) is 0. The molecule has 1 aromatic carbocycles. The highest BCUT2D eigenvalue weighted by molar-refractivity contribution is 5.80. The van der Waals surface area contributed by atoms with E-state index in [0.29, 0.717) is 13.2 Å². The first-order chi connectivity index (χ1) is 10.2. The molecule has 0 aliphatic carbocycles. The number of amides is 1. The second-order valence-electron chi connectivity index (χ2n) is 6.03. The number of piperazine rings is 1. The number of hydrogen-bond donors (Lipinski definition) is 1. The van der Waals surface area contributed by atoms with Crippen LogP contribution in [-0.4, -0.2) is 61.6 Å². The maximum atomic E-state index is 12.8. The van der Waals surface area contributed by atoms with Gasteiger partial charge in [-0.15, -0.1) is 0 Å². The molecule has 21 heavy (non-hydrogen) atoms. The topological polar surface area (TPSA) is 58.8 Å². The summed E-state index contributed by atoms with van der Waals surface area (Å²) in [6, 6.07) is 10.2. The molecule has 114 valence electrons. The summed E-state index contributed by atoms with van der Waals surface area (Å²) in [4.78, 5) is 17.1. The minimum atomic E-state index is -0.195. The van der Waals surface area contributed by atoms with Gasteiger partial charge in [-0.3, -0.25) is 4.79 Å². The summed E-state index contributed by atoms with van der Waals surface area (Å²) in [5.41, 5.74) is 7.20. The van der Waals surface area contributed by atoms with Crippen molar-refractivity contribution in [2.24, 2.45) is 11.7 Å². The zero-order valence-corrected chi connectivity index (χ0v) is 12.4. The Kier molecular flexibility index (Phi) is 4.24. The van der Waals surface area contributed by atoms with Gasteiger partial charge in [0.1, 0.15) is 0 Å². The lowest BCUT2D eigenvalue weighted by Gasteiger charge is -2.41. The van der Waals surface area contributed by atoms with Crippen LogP contribution in [0.2, 0.25) is 0 Å². The molecule has 2 saturated heterocycles. The third kappa shape index (κ3) is 2.95. The Labute approximate surface area is 125 Å². The first-order valence-electron chi connectivity index (χ1n) is 7.54. The van der Waals surface area contributed by atoms with E-state index in [1.54, 1.807) is 0 Å². The molecule has 2 heterocycles. The van der Waals surface area contributed by atoms with Gasteiger partial charge in [0.2, 0.25) is 5.91 Å². The molecule has 1 amide bonds. The van der Waals surface area contributed by atoms with Gasteiger partial charge >= 0.3 is 0 Å². The molecule has 3 atom stereocenters. The van der Waals surface area contributed by atoms with Gasteiger partial charge in [0.25, 0.3) is 0 Å². The van der Waals surface area contributed by atoms with Gasteiger partial charge in [-0.1, -0.05) is 30.3 Å². The molecular formula is C16H23N3O2. The summed E-state index contributed by atoms with van der Waals surface area (Å²) >= 11 is 0. The Morgan fingerprint density at radius 1 is 1.24 bits per heavy atom. The van der Waals surface area contributed by atoms with Crippen LogP contribution in [0.25, 0.3) is 0 Å². The van der Waals surface area contributed by atoms with Crippen molar-refractivity contribution in [1.82, 2.24) is 9.80 Å². The predicted molar refractivity (Wildman–Crippen MR) is 80.7 cm³/mol. The molecule has 0 aromatic heterocycles. The number of nitrogens with two attached hydrogens (primary N) is 1. The fourth-order valence-electron chi connectivity index (χ4n) is 3.18. The van der Waals surface area contributed by atoms with Crippen LogP contribution >= 0.6 is 0 Å². The van der Waals surface area contributed by atoms with Crippen molar-refractivity contribution in [3.63, 3.8) is 0 Å². The van der Waals surface area contributed by atoms with Crippen LogP contribution in [0.3, 0.4) is 0 Å². The number of rotatable bonds is 2. The lowest BCUT2D eigenvalue weighted by Crippen LogP contribution is -2.53. The van der Waals surface area contributed by atoms with E-state index in [4.69, 9.17) is 10.5 Å². The van der Waals surface area contributed by atoms with Gasteiger partial charge in [-0.25, -0.2) is 0 Å². The number of ether oxygens (including phenoxy) is 1. The van der Waals surface area contributed by atoms with E-state index in [9.17, 15) is 4.79 Å². The number of nitrogens with zero attached hydrogens (tertiary/aromatic N) is 2. The van der Waals surface area contributed by atoms with Crippen LogP contribution in [0, 0.1) is 5.92 Å². The lowest BCUT2D eigenvalue weighted by atomic mass is 9.97. The smallest absolute Gasteiger partial charge is 0.230 e. The second kappa shape index (κ2) is 6.13. The van der Waals surface area contributed by atoms with Crippen LogP contribution in [0.15, 0.2) is 30.3 Å². The lowest BCUT2D eigenvalue weighted by molar-refractivity contribution is -0.140. The third-order valence-corrected chi connectivity index (χ3v) is 4.49. The average Bonchev–Trinajstić information content (AvgIpc) is 2.93. The molecule has 2 aliphatic rings. The SMILES string of the molecule is CN1CCN(C(=O)C2COCC2N)C(c2ccccc2)C1. The van der Waals surface area contributed by atoms with Crippen molar-refractivity contribution in [3.05, 3.63) is 35.9 Å². The van der Waals surface area contributed by atoms with Gasteiger partial charge < -0.3 is 20.3 Å². The van der Waals surface area contributed by atoms with Crippen molar-refractivity contribution in [3.8, 4) is 0 Å². The van der Waals surface area contributed by atoms with Gasteiger partial charge in [0.05, 0.1) is 25.2 Å². The van der Waals surface area contributed by atoms with E-state index >= 15 is 0 Å². The first-order valence-corrected chi connectivity index (χ1v) is 7.54. The van der Waals surface area contributed by atoms with Crippen LogP contribution in [0.4, 0.5) is 0 Å². The summed E-state index contributed by atoms with van der Waals surface area (Å²) < 4.78 is 5.36. The van der Waals surface area contributed by atoms with Crippen LogP contribution in [-0.2, 0) is 9.53 Å². The third-order valence-electron chi connectivity index (χ3n) is 4.49. The Bertz CT molecular complexity index is 494. The molecule has 3 rings (SSSR count). The maximum Gasteiger partial charge on any atom is 0.230 e. The molecule has 0 spiro atoms. The van der Waals surface area contributed by atoms with Crippen molar-refractivity contribution >= 4 is 5.91 Å². The monoisotopic (exact) mass is 289 g/mol. The minimum Gasteiger partial charge on any atom is -0.379 e. The first kappa shape index (κ1) is 14.5. The maximum absolute atomic E-state index is 12.8. The summed E-state index contributed by atoms with van der Waals surface area (Å²) in [6.45, 7) is 3.45. The molecule has 1 aromatic rings. The van der Waals surface area contributed by atoms with Crippen molar-refractivity contribution in [1.29, 1.82) is 0 Å². The van der Waals surface area contributed by atoms with E-state index < -0.39 is 0 Å². The van der Waals surface area contributed by atoms with E-state index in [-0.39, 0.29) is 23.9 Å².